The van der Waals surface area contributed by atoms with Gasteiger partial charge in [0, 0.05) is 12.1 Å². The lowest BCUT2D eigenvalue weighted by molar-refractivity contribution is -0.384. The van der Waals surface area contributed by atoms with Gasteiger partial charge in [-0.15, -0.1) is 11.3 Å². The Kier molecular flexibility index (Phi) is 2.60. The van der Waals surface area contributed by atoms with Crippen molar-refractivity contribution in [3.05, 3.63) is 56.2 Å². The molecule has 94 valence electrons. The van der Waals surface area contributed by atoms with Crippen molar-refractivity contribution in [1.82, 2.24) is 9.97 Å². The Bertz CT molecular complexity index is 824. The molecule has 0 aliphatic heterocycles. The zero-order valence-corrected chi connectivity index (χ0v) is 10.3. The van der Waals surface area contributed by atoms with E-state index < -0.39 is 4.92 Å². The van der Waals surface area contributed by atoms with Gasteiger partial charge >= 0.3 is 0 Å². The molecule has 0 amide bonds. The monoisotopic (exact) mass is 273 g/mol. The molecular formula is C12H7N3O3S. The molecule has 0 fully saturated rings. The highest BCUT2D eigenvalue weighted by Gasteiger charge is 2.11. The first-order valence-electron chi connectivity index (χ1n) is 5.37. The lowest BCUT2D eigenvalue weighted by Crippen LogP contribution is -2.09. The Labute approximate surface area is 110 Å². The average Bonchev–Trinajstić information content (AvgIpc) is 2.92. The number of fused-ring (bicyclic) bond motifs is 1. The largest absolute Gasteiger partial charge is 0.305 e. The maximum absolute atomic E-state index is 12.0. The number of thiophene rings is 1. The lowest BCUT2D eigenvalue weighted by atomic mass is 10.2. The fraction of sp³-hybridized carbons (Fsp3) is 0. The molecule has 0 spiro atoms. The van der Waals surface area contributed by atoms with Crippen LogP contribution in [-0.4, -0.2) is 14.9 Å². The van der Waals surface area contributed by atoms with Crippen molar-refractivity contribution >= 4 is 27.9 Å². The summed E-state index contributed by atoms with van der Waals surface area (Å²) < 4.78 is 0. The normalized spacial score (nSPS) is 10.7. The molecule has 0 aliphatic carbocycles. The zero-order chi connectivity index (χ0) is 13.4. The number of hydrogen-bond donors (Lipinski definition) is 1. The van der Waals surface area contributed by atoms with E-state index in [1.807, 2.05) is 17.5 Å². The number of aromatic amines is 1. The van der Waals surface area contributed by atoms with Gasteiger partial charge in [0.15, 0.2) is 5.82 Å². The summed E-state index contributed by atoms with van der Waals surface area (Å²) in [5.74, 6) is 0.473. The molecule has 2 heterocycles. The van der Waals surface area contributed by atoms with Gasteiger partial charge in [0.2, 0.25) is 0 Å². The van der Waals surface area contributed by atoms with Crippen molar-refractivity contribution in [2.24, 2.45) is 0 Å². The van der Waals surface area contributed by atoms with E-state index in [1.165, 1.54) is 29.5 Å². The summed E-state index contributed by atoms with van der Waals surface area (Å²) in [5.41, 5.74) is -0.0569. The Hall–Kier alpha value is -2.54. The van der Waals surface area contributed by atoms with Crippen LogP contribution in [0.5, 0.6) is 0 Å². The first kappa shape index (κ1) is 11.5. The second-order valence-electron chi connectivity index (χ2n) is 3.85. The van der Waals surface area contributed by atoms with Crippen LogP contribution in [0.4, 0.5) is 5.69 Å². The van der Waals surface area contributed by atoms with Crippen LogP contribution in [-0.2, 0) is 0 Å². The summed E-state index contributed by atoms with van der Waals surface area (Å²) in [5, 5.41) is 12.8. The van der Waals surface area contributed by atoms with E-state index in [9.17, 15) is 14.9 Å². The molecule has 0 unspecified atom stereocenters. The summed E-state index contributed by atoms with van der Waals surface area (Å²) in [6.07, 6.45) is 0. The van der Waals surface area contributed by atoms with Crippen LogP contribution >= 0.6 is 11.3 Å². The van der Waals surface area contributed by atoms with Crippen molar-refractivity contribution in [2.45, 2.75) is 0 Å². The van der Waals surface area contributed by atoms with Gasteiger partial charge in [0.1, 0.15) is 0 Å². The number of nitrogens with one attached hydrogen (secondary N) is 1. The maximum Gasteiger partial charge on any atom is 0.270 e. The van der Waals surface area contributed by atoms with Gasteiger partial charge in [-0.1, -0.05) is 6.07 Å². The molecule has 0 aliphatic rings. The molecule has 0 radical (unpaired) electrons. The summed E-state index contributed by atoms with van der Waals surface area (Å²) in [7, 11) is 0. The number of nitro benzene ring substituents is 1. The van der Waals surface area contributed by atoms with Crippen molar-refractivity contribution in [2.75, 3.05) is 0 Å². The molecule has 0 saturated carbocycles. The quantitative estimate of drug-likeness (QED) is 0.574. The summed E-state index contributed by atoms with van der Waals surface area (Å²) in [6.45, 7) is 0. The summed E-state index contributed by atoms with van der Waals surface area (Å²) in [6, 6.07) is 7.77. The smallest absolute Gasteiger partial charge is 0.270 e. The minimum absolute atomic E-state index is 0.122. The topological polar surface area (TPSA) is 88.9 Å². The van der Waals surface area contributed by atoms with Crippen LogP contribution in [0.3, 0.4) is 0 Å². The summed E-state index contributed by atoms with van der Waals surface area (Å²) in [4.78, 5) is 29.9. The van der Waals surface area contributed by atoms with E-state index in [2.05, 4.69) is 9.97 Å². The van der Waals surface area contributed by atoms with Crippen LogP contribution < -0.4 is 5.56 Å². The number of nitrogens with zero attached hydrogens (tertiary/aromatic N) is 2. The predicted molar refractivity (Wildman–Crippen MR) is 72.3 cm³/mol. The molecule has 3 aromatic rings. The Morgan fingerprint density at radius 1 is 1.32 bits per heavy atom. The third-order valence-electron chi connectivity index (χ3n) is 2.65. The van der Waals surface area contributed by atoms with Gasteiger partial charge in [0.05, 0.1) is 20.7 Å². The Morgan fingerprint density at radius 2 is 2.16 bits per heavy atom. The molecule has 3 rings (SSSR count). The Morgan fingerprint density at radius 3 is 2.84 bits per heavy atom. The molecule has 1 aromatic carbocycles. The molecule has 0 saturated heterocycles. The first-order valence-corrected chi connectivity index (χ1v) is 6.25. The highest BCUT2D eigenvalue weighted by molar-refractivity contribution is 7.13. The fourth-order valence-corrected chi connectivity index (χ4v) is 2.44. The number of nitro groups is 1. The number of hydrogen-bond acceptors (Lipinski definition) is 5. The van der Waals surface area contributed by atoms with E-state index in [4.69, 9.17) is 0 Å². The van der Waals surface area contributed by atoms with Crippen LogP contribution in [0.2, 0.25) is 0 Å². The molecule has 19 heavy (non-hydrogen) atoms. The number of rotatable bonds is 2. The van der Waals surface area contributed by atoms with E-state index in [-0.39, 0.29) is 16.6 Å². The minimum Gasteiger partial charge on any atom is -0.305 e. The third kappa shape index (κ3) is 2.00. The third-order valence-corrected chi connectivity index (χ3v) is 3.53. The van der Waals surface area contributed by atoms with Crippen LogP contribution in [0, 0.1) is 10.1 Å². The Balaban J connectivity index is 2.26. The average molecular weight is 273 g/mol. The molecule has 0 bridgehead atoms. The number of non-ortho nitro benzene ring substituents is 1. The van der Waals surface area contributed by atoms with E-state index >= 15 is 0 Å². The highest BCUT2D eigenvalue weighted by atomic mass is 32.1. The van der Waals surface area contributed by atoms with Gasteiger partial charge < -0.3 is 4.98 Å². The number of benzene rings is 1. The van der Waals surface area contributed by atoms with Crippen LogP contribution in [0.15, 0.2) is 40.5 Å². The van der Waals surface area contributed by atoms with E-state index in [0.29, 0.717) is 11.3 Å². The lowest BCUT2D eigenvalue weighted by Gasteiger charge is -2.00. The van der Waals surface area contributed by atoms with Crippen LogP contribution in [0.25, 0.3) is 21.6 Å². The molecule has 7 heteroatoms. The number of aromatic nitrogens is 2. The molecule has 1 N–H and O–H groups in total. The first-order chi connectivity index (χ1) is 9.15. The van der Waals surface area contributed by atoms with Gasteiger partial charge in [-0.25, -0.2) is 4.98 Å². The van der Waals surface area contributed by atoms with Crippen molar-refractivity contribution in [3.8, 4) is 10.7 Å². The molecule has 6 nitrogen and oxygen atoms in total. The maximum atomic E-state index is 12.0. The minimum atomic E-state index is -0.536. The standard InChI is InChI=1S/C12H7N3O3S/c16-12-8-6-7(15(17)18)3-4-9(8)13-11(14-12)10-2-1-5-19-10/h1-6H,(H,13,14,16). The number of H-pyrrole nitrogens is 1. The van der Waals surface area contributed by atoms with E-state index in [1.54, 1.807) is 0 Å². The highest BCUT2D eigenvalue weighted by Crippen LogP contribution is 2.22. The molecule has 0 atom stereocenters. The molecular weight excluding hydrogens is 266 g/mol. The van der Waals surface area contributed by atoms with Gasteiger partial charge in [-0.05, 0) is 17.5 Å². The second-order valence-corrected chi connectivity index (χ2v) is 4.80. The van der Waals surface area contributed by atoms with Crippen molar-refractivity contribution < 1.29 is 4.92 Å². The van der Waals surface area contributed by atoms with Gasteiger partial charge in [0.25, 0.3) is 11.2 Å². The zero-order valence-electron chi connectivity index (χ0n) is 9.49. The second kappa shape index (κ2) is 4.29. The predicted octanol–water partition coefficient (Wildman–Crippen LogP) is 2.56. The molecule has 2 aromatic heterocycles. The van der Waals surface area contributed by atoms with E-state index in [0.717, 1.165) is 4.88 Å². The van der Waals surface area contributed by atoms with Crippen LogP contribution in [0.1, 0.15) is 0 Å². The van der Waals surface area contributed by atoms with Gasteiger partial charge in [-0.2, -0.15) is 0 Å². The summed E-state index contributed by atoms with van der Waals surface area (Å²) >= 11 is 1.46. The SMILES string of the molecule is O=c1[nH]c(-c2cccs2)nc2ccc([N+](=O)[O-])cc12. The van der Waals surface area contributed by atoms with Gasteiger partial charge in [-0.3, -0.25) is 14.9 Å². The van der Waals surface area contributed by atoms with Crippen molar-refractivity contribution in [1.29, 1.82) is 0 Å². The fourth-order valence-electron chi connectivity index (χ4n) is 1.77. The van der Waals surface area contributed by atoms with Crippen molar-refractivity contribution in [3.63, 3.8) is 0 Å².